The van der Waals surface area contributed by atoms with E-state index in [-0.39, 0.29) is 6.04 Å². The van der Waals surface area contributed by atoms with E-state index >= 15 is 0 Å². The zero-order chi connectivity index (χ0) is 14.7. The highest BCUT2D eigenvalue weighted by atomic mass is 16.5. The first-order chi connectivity index (χ1) is 10.3. The lowest BCUT2D eigenvalue weighted by molar-refractivity contribution is 0.299. The van der Waals surface area contributed by atoms with Crippen molar-refractivity contribution < 1.29 is 4.74 Å². The Balaban J connectivity index is 1.93. The molecule has 1 aromatic heterocycles. The molecule has 0 amide bonds. The summed E-state index contributed by atoms with van der Waals surface area (Å²) in [6.45, 7) is 6.01. The van der Waals surface area contributed by atoms with Crippen LogP contribution < -0.4 is 10.1 Å². The zero-order valence-electron chi connectivity index (χ0n) is 12.7. The Hall–Kier alpha value is -1.87. The molecule has 2 unspecified atom stereocenters. The van der Waals surface area contributed by atoms with Gasteiger partial charge in [0, 0.05) is 29.9 Å². The van der Waals surface area contributed by atoms with Gasteiger partial charge >= 0.3 is 0 Å². The largest absolute Gasteiger partial charge is 0.493 e. The van der Waals surface area contributed by atoms with Crippen molar-refractivity contribution in [2.24, 2.45) is 0 Å². The molecule has 0 fully saturated rings. The van der Waals surface area contributed by atoms with Crippen LogP contribution in [0.4, 0.5) is 0 Å². The SMILES string of the molecule is CCCNC(c1cncc(C)c1)C1COc2ccccc21. The van der Waals surface area contributed by atoms with Crippen LogP contribution in [-0.2, 0) is 0 Å². The number of nitrogens with zero attached hydrogens (tertiary/aromatic N) is 1. The summed E-state index contributed by atoms with van der Waals surface area (Å²) >= 11 is 0. The van der Waals surface area contributed by atoms with Gasteiger partial charge in [-0.15, -0.1) is 0 Å². The minimum atomic E-state index is 0.251. The Morgan fingerprint density at radius 2 is 2.19 bits per heavy atom. The van der Waals surface area contributed by atoms with E-state index in [1.54, 1.807) is 0 Å². The van der Waals surface area contributed by atoms with Gasteiger partial charge in [-0.1, -0.05) is 31.2 Å². The lowest BCUT2D eigenvalue weighted by Crippen LogP contribution is -2.29. The molecular formula is C18H22N2O. The van der Waals surface area contributed by atoms with Crippen LogP contribution in [0.2, 0.25) is 0 Å². The Bertz CT molecular complexity index is 612. The van der Waals surface area contributed by atoms with Gasteiger partial charge in [-0.2, -0.15) is 0 Å². The molecule has 0 aliphatic carbocycles. The van der Waals surface area contributed by atoms with Gasteiger partial charge in [-0.25, -0.2) is 0 Å². The van der Waals surface area contributed by atoms with Gasteiger partial charge in [-0.05, 0) is 37.1 Å². The van der Waals surface area contributed by atoms with Crippen molar-refractivity contribution in [1.82, 2.24) is 10.3 Å². The number of fused-ring (bicyclic) bond motifs is 1. The molecule has 2 atom stereocenters. The minimum absolute atomic E-state index is 0.251. The smallest absolute Gasteiger partial charge is 0.122 e. The van der Waals surface area contributed by atoms with E-state index in [9.17, 15) is 0 Å². The predicted molar refractivity (Wildman–Crippen MR) is 84.7 cm³/mol. The molecule has 3 rings (SSSR count). The number of benzene rings is 1. The third-order valence-electron chi connectivity index (χ3n) is 4.01. The maximum atomic E-state index is 5.86. The van der Waals surface area contributed by atoms with Gasteiger partial charge in [-0.3, -0.25) is 4.98 Å². The van der Waals surface area contributed by atoms with E-state index < -0.39 is 0 Å². The topological polar surface area (TPSA) is 34.2 Å². The number of hydrogen-bond acceptors (Lipinski definition) is 3. The first-order valence-electron chi connectivity index (χ1n) is 7.66. The highest BCUT2D eigenvalue weighted by Crippen LogP contribution is 2.41. The molecule has 2 aromatic rings. The van der Waals surface area contributed by atoms with Gasteiger partial charge in [0.05, 0.1) is 6.61 Å². The summed E-state index contributed by atoms with van der Waals surface area (Å²) in [5.74, 6) is 1.36. The number of para-hydroxylation sites is 1. The Morgan fingerprint density at radius 1 is 1.33 bits per heavy atom. The molecule has 0 bridgehead atoms. The van der Waals surface area contributed by atoms with E-state index in [1.807, 2.05) is 18.5 Å². The average molecular weight is 282 g/mol. The molecule has 0 saturated carbocycles. The van der Waals surface area contributed by atoms with Crippen molar-refractivity contribution >= 4 is 0 Å². The van der Waals surface area contributed by atoms with E-state index in [0.717, 1.165) is 25.3 Å². The minimum Gasteiger partial charge on any atom is -0.493 e. The number of ether oxygens (including phenoxy) is 1. The van der Waals surface area contributed by atoms with Gasteiger partial charge in [0.2, 0.25) is 0 Å². The molecule has 1 N–H and O–H groups in total. The quantitative estimate of drug-likeness (QED) is 0.909. The van der Waals surface area contributed by atoms with Gasteiger partial charge in [0.1, 0.15) is 5.75 Å². The summed E-state index contributed by atoms with van der Waals surface area (Å²) in [5.41, 5.74) is 3.74. The highest BCUT2D eigenvalue weighted by Gasteiger charge is 2.32. The normalized spacial score (nSPS) is 18.1. The lowest BCUT2D eigenvalue weighted by Gasteiger charge is -2.24. The van der Waals surface area contributed by atoms with E-state index in [1.165, 1.54) is 16.7 Å². The van der Waals surface area contributed by atoms with Crippen molar-refractivity contribution in [2.45, 2.75) is 32.2 Å². The number of rotatable bonds is 5. The molecule has 0 saturated heterocycles. The number of aryl methyl sites for hydroxylation is 1. The van der Waals surface area contributed by atoms with Crippen LogP contribution in [0.15, 0.2) is 42.7 Å². The number of aromatic nitrogens is 1. The lowest BCUT2D eigenvalue weighted by atomic mass is 9.88. The molecular weight excluding hydrogens is 260 g/mol. The van der Waals surface area contributed by atoms with Gasteiger partial charge < -0.3 is 10.1 Å². The molecule has 1 aromatic carbocycles. The van der Waals surface area contributed by atoms with Crippen LogP contribution in [0.5, 0.6) is 5.75 Å². The summed E-state index contributed by atoms with van der Waals surface area (Å²) in [4.78, 5) is 4.36. The van der Waals surface area contributed by atoms with Crippen LogP contribution in [0.25, 0.3) is 0 Å². The first-order valence-corrected chi connectivity index (χ1v) is 7.66. The molecule has 110 valence electrons. The molecule has 21 heavy (non-hydrogen) atoms. The van der Waals surface area contributed by atoms with Crippen LogP contribution >= 0.6 is 0 Å². The summed E-state index contributed by atoms with van der Waals surface area (Å²) in [5, 5.41) is 3.68. The second-order valence-corrected chi connectivity index (χ2v) is 5.68. The Kier molecular flexibility index (Phi) is 4.20. The van der Waals surface area contributed by atoms with Crippen molar-refractivity contribution in [3.63, 3.8) is 0 Å². The summed E-state index contributed by atoms with van der Waals surface area (Å²) in [7, 11) is 0. The van der Waals surface area contributed by atoms with Crippen molar-refractivity contribution in [3.05, 3.63) is 59.4 Å². The summed E-state index contributed by atoms with van der Waals surface area (Å²) in [6, 6.07) is 10.8. The molecule has 3 heteroatoms. The summed E-state index contributed by atoms with van der Waals surface area (Å²) < 4.78 is 5.86. The second-order valence-electron chi connectivity index (χ2n) is 5.68. The molecule has 1 aliphatic rings. The van der Waals surface area contributed by atoms with E-state index in [2.05, 4.69) is 48.4 Å². The fourth-order valence-corrected chi connectivity index (χ4v) is 3.00. The van der Waals surface area contributed by atoms with Crippen molar-refractivity contribution in [1.29, 1.82) is 0 Å². The Labute approximate surface area is 126 Å². The Morgan fingerprint density at radius 3 is 3.00 bits per heavy atom. The molecule has 0 spiro atoms. The maximum Gasteiger partial charge on any atom is 0.122 e. The number of nitrogens with one attached hydrogen (secondary N) is 1. The standard InChI is InChI=1S/C18H22N2O/c1-3-8-20-18(14-9-13(2)10-19-11-14)16-12-21-17-7-5-4-6-15(16)17/h4-7,9-11,16,18,20H,3,8,12H2,1-2H3. The number of hydrogen-bond donors (Lipinski definition) is 1. The van der Waals surface area contributed by atoms with Crippen molar-refractivity contribution in [3.8, 4) is 5.75 Å². The van der Waals surface area contributed by atoms with E-state index in [4.69, 9.17) is 4.74 Å². The van der Waals surface area contributed by atoms with E-state index in [0.29, 0.717) is 5.92 Å². The highest BCUT2D eigenvalue weighted by molar-refractivity contribution is 5.42. The third-order valence-corrected chi connectivity index (χ3v) is 4.01. The zero-order valence-corrected chi connectivity index (χ0v) is 12.7. The fraction of sp³-hybridized carbons (Fsp3) is 0.389. The first kappa shape index (κ1) is 14.1. The van der Waals surface area contributed by atoms with Crippen LogP contribution in [0, 0.1) is 6.92 Å². The molecule has 3 nitrogen and oxygen atoms in total. The average Bonchev–Trinajstić information content (AvgIpc) is 2.92. The number of pyridine rings is 1. The second kappa shape index (κ2) is 6.27. The molecule has 2 heterocycles. The maximum absolute atomic E-state index is 5.86. The fourth-order valence-electron chi connectivity index (χ4n) is 3.00. The molecule has 1 aliphatic heterocycles. The predicted octanol–water partition coefficient (Wildman–Crippen LogP) is 3.61. The van der Waals surface area contributed by atoms with Gasteiger partial charge in [0.15, 0.2) is 0 Å². The van der Waals surface area contributed by atoms with Crippen LogP contribution in [0.1, 0.15) is 42.0 Å². The van der Waals surface area contributed by atoms with Gasteiger partial charge in [0.25, 0.3) is 0 Å². The summed E-state index contributed by atoms with van der Waals surface area (Å²) in [6.07, 6.45) is 4.99. The van der Waals surface area contributed by atoms with Crippen LogP contribution in [-0.4, -0.2) is 18.1 Å². The van der Waals surface area contributed by atoms with Crippen molar-refractivity contribution in [2.75, 3.05) is 13.2 Å². The van der Waals surface area contributed by atoms with Crippen LogP contribution in [0.3, 0.4) is 0 Å². The molecule has 0 radical (unpaired) electrons. The third kappa shape index (κ3) is 2.93. The monoisotopic (exact) mass is 282 g/mol.